The monoisotopic (exact) mass is 348 g/mol. The zero-order valence-electron chi connectivity index (χ0n) is 13.9. The molecular weight excluding hydrogens is 328 g/mol. The first-order valence-corrected chi connectivity index (χ1v) is 8.06. The third-order valence-corrected chi connectivity index (χ3v) is 4.55. The second-order valence-electron chi connectivity index (χ2n) is 6.06. The average Bonchev–Trinajstić information content (AvgIpc) is 3.03. The number of nitrogens with zero attached hydrogens (tertiary/aromatic N) is 2. The van der Waals surface area contributed by atoms with Crippen molar-refractivity contribution in [1.82, 2.24) is 4.90 Å². The van der Waals surface area contributed by atoms with Crippen molar-refractivity contribution < 1.29 is 29.0 Å². The number of benzene rings is 1. The van der Waals surface area contributed by atoms with E-state index in [1.54, 1.807) is 36.3 Å². The molecule has 0 saturated carbocycles. The van der Waals surface area contributed by atoms with Crippen LogP contribution in [-0.2, 0) is 19.1 Å². The minimum absolute atomic E-state index is 0.0239. The largest absolute Gasteiger partial charge is 0.497 e. The van der Waals surface area contributed by atoms with Gasteiger partial charge >= 0.3 is 5.97 Å². The number of amides is 2. The van der Waals surface area contributed by atoms with Gasteiger partial charge in [0.25, 0.3) is 0 Å². The topological polar surface area (TPSA) is 96.4 Å². The number of rotatable bonds is 4. The van der Waals surface area contributed by atoms with Crippen LogP contribution in [0.15, 0.2) is 24.3 Å². The van der Waals surface area contributed by atoms with Gasteiger partial charge in [-0.15, -0.1) is 0 Å². The zero-order valence-corrected chi connectivity index (χ0v) is 13.9. The van der Waals surface area contributed by atoms with Crippen LogP contribution >= 0.6 is 0 Å². The Labute approximate surface area is 144 Å². The van der Waals surface area contributed by atoms with Crippen molar-refractivity contribution in [3.05, 3.63) is 24.3 Å². The first-order valence-electron chi connectivity index (χ1n) is 8.06. The Balaban J connectivity index is 1.72. The summed E-state index contributed by atoms with van der Waals surface area (Å²) in [5, 5.41) is 9.27. The highest BCUT2D eigenvalue weighted by Gasteiger charge is 2.41. The standard InChI is InChI=1S/C17H20N2O6/c1-24-13-4-2-12(3-5-13)19-9-11(8-15(19)20)16(21)18-6-7-25-10-14(18)17(22)23/h2-5,11,14H,6-10H2,1H3,(H,22,23)/t11-,14+/m0/s1. The van der Waals surface area contributed by atoms with Gasteiger partial charge in [-0.3, -0.25) is 9.59 Å². The molecule has 0 aromatic heterocycles. The third kappa shape index (κ3) is 3.43. The quantitative estimate of drug-likeness (QED) is 0.844. The summed E-state index contributed by atoms with van der Waals surface area (Å²) in [6.45, 7) is 0.749. The molecule has 3 rings (SSSR count). The van der Waals surface area contributed by atoms with Gasteiger partial charge in [0.15, 0.2) is 6.04 Å². The Morgan fingerprint density at radius 2 is 2.00 bits per heavy atom. The Morgan fingerprint density at radius 3 is 2.64 bits per heavy atom. The molecule has 0 radical (unpaired) electrons. The summed E-state index contributed by atoms with van der Waals surface area (Å²) in [6.07, 6.45) is 0.0779. The van der Waals surface area contributed by atoms with Gasteiger partial charge in [0.2, 0.25) is 11.8 Å². The van der Waals surface area contributed by atoms with E-state index < -0.39 is 17.9 Å². The summed E-state index contributed by atoms with van der Waals surface area (Å²) >= 11 is 0. The Kier molecular flexibility index (Phi) is 4.89. The number of carboxylic acids is 1. The molecule has 0 bridgehead atoms. The molecule has 8 heteroatoms. The summed E-state index contributed by atoms with van der Waals surface area (Å²) < 4.78 is 10.3. The molecule has 2 heterocycles. The number of carbonyl (C=O) groups excluding carboxylic acids is 2. The van der Waals surface area contributed by atoms with Crippen molar-refractivity contribution in [2.75, 3.05) is 38.3 Å². The van der Waals surface area contributed by atoms with Gasteiger partial charge in [-0.05, 0) is 24.3 Å². The van der Waals surface area contributed by atoms with E-state index in [1.807, 2.05) is 0 Å². The molecule has 2 atom stereocenters. The summed E-state index contributed by atoms with van der Waals surface area (Å²) in [4.78, 5) is 39.3. The molecule has 1 aromatic rings. The number of carboxylic acid groups (broad SMARTS) is 1. The maximum atomic E-state index is 12.7. The van der Waals surface area contributed by atoms with Crippen LogP contribution < -0.4 is 9.64 Å². The lowest BCUT2D eigenvalue weighted by Crippen LogP contribution is -2.54. The summed E-state index contributed by atoms with van der Waals surface area (Å²) in [7, 11) is 1.56. The molecule has 2 amide bonds. The van der Waals surface area contributed by atoms with E-state index in [-0.39, 0.29) is 37.9 Å². The van der Waals surface area contributed by atoms with Gasteiger partial charge in [-0.2, -0.15) is 0 Å². The first-order chi connectivity index (χ1) is 12.0. The van der Waals surface area contributed by atoms with Crippen molar-refractivity contribution in [3.8, 4) is 5.75 Å². The molecule has 1 aromatic carbocycles. The molecular formula is C17H20N2O6. The minimum atomic E-state index is -1.09. The highest BCUT2D eigenvalue weighted by Crippen LogP contribution is 2.28. The number of anilines is 1. The van der Waals surface area contributed by atoms with Crippen LogP contribution in [0.4, 0.5) is 5.69 Å². The van der Waals surface area contributed by atoms with Gasteiger partial charge in [-0.25, -0.2) is 4.79 Å². The normalized spacial score (nSPS) is 23.6. The van der Waals surface area contributed by atoms with Crippen molar-refractivity contribution in [3.63, 3.8) is 0 Å². The van der Waals surface area contributed by atoms with Crippen molar-refractivity contribution in [1.29, 1.82) is 0 Å². The fourth-order valence-electron chi connectivity index (χ4n) is 3.19. The van der Waals surface area contributed by atoms with Crippen LogP contribution in [0.3, 0.4) is 0 Å². The van der Waals surface area contributed by atoms with Gasteiger partial charge in [-0.1, -0.05) is 0 Å². The Bertz CT molecular complexity index is 674. The van der Waals surface area contributed by atoms with E-state index in [0.717, 1.165) is 0 Å². The van der Waals surface area contributed by atoms with Crippen molar-refractivity contribution >= 4 is 23.5 Å². The summed E-state index contributed by atoms with van der Waals surface area (Å²) in [6, 6.07) is 6.03. The van der Waals surface area contributed by atoms with Gasteiger partial charge < -0.3 is 24.4 Å². The van der Waals surface area contributed by atoms with Gasteiger partial charge in [0.05, 0.1) is 26.2 Å². The summed E-state index contributed by atoms with van der Waals surface area (Å²) in [5.41, 5.74) is 0.692. The molecule has 2 fully saturated rings. The maximum Gasteiger partial charge on any atom is 0.328 e. The second kappa shape index (κ2) is 7.10. The number of hydrogen-bond donors (Lipinski definition) is 1. The third-order valence-electron chi connectivity index (χ3n) is 4.55. The molecule has 8 nitrogen and oxygen atoms in total. The van der Waals surface area contributed by atoms with Crippen molar-refractivity contribution in [2.45, 2.75) is 12.5 Å². The number of carbonyl (C=O) groups is 3. The lowest BCUT2D eigenvalue weighted by molar-refractivity contribution is -0.160. The lowest BCUT2D eigenvalue weighted by atomic mass is 10.1. The smallest absolute Gasteiger partial charge is 0.328 e. The van der Waals surface area contributed by atoms with Crippen LogP contribution in [0, 0.1) is 5.92 Å². The molecule has 134 valence electrons. The minimum Gasteiger partial charge on any atom is -0.497 e. The molecule has 2 aliphatic heterocycles. The fourth-order valence-corrected chi connectivity index (χ4v) is 3.19. The number of morpholine rings is 1. The number of hydrogen-bond acceptors (Lipinski definition) is 5. The highest BCUT2D eigenvalue weighted by atomic mass is 16.5. The number of methoxy groups -OCH3 is 1. The Hall–Kier alpha value is -2.61. The second-order valence-corrected chi connectivity index (χ2v) is 6.06. The van der Waals surface area contributed by atoms with E-state index in [2.05, 4.69) is 0 Å². The lowest BCUT2D eigenvalue weighted by Gasteiger charge is -2.34. The summed E-state index contributed by atoms with van der Waals surface area (Å²) in [5.74, 6) is -1.41. The fraction of sp³-hybridized carbons (Fsp3) is 0.471. The molecule has 2 aliphatic rings. The highest BCUT2D eigenvalue weighted by molar-refractivity contribution is 6.00. The average molecular weight is 348 g/mol. The molecule has 2 saturated heterocycles. The number of aliphatic carboxylic acids is 1. The van der Waals surface area contributed by atoms with Gasteiger partial charge in [0, 0.05) is 25.2 Å². The first kappa shape index (κ1) is 17.2. The molecule has 0 spiro atoms. The SMILES string of the molecule is COc1ccc(N2C[C@@H](C(=O)N3CCOC[C@@H]3C(=O)O)CC2=O)cc1. The zero-order chi connectivity index (χ0) is 18.0. The van der Waals surface area contributed by atoms with Crippen LogP contribution in [0.1, 0.15) is 6.42 Å². The van der Waals surface area contributed by atoms with E-state index in [1.165, 1.54) is 4.90 Å². The Morgan fingerprint density at radius 1 is 1.28 bits per heavy atom. The van der Waals surface area contributed by atoms with Crippen LogP contribution in [0.2, 0.25) is 0 Å². The molecule has 0 aliphatic carbocycles. The van der Waals surface area contributed by atoms with E-state index in [4.69, 9.17) is 9.47 Å². The van der Waals surface area contributed by atoms with Crippen LogP contribution in [-0.4, -0.2) is 67.2 Å². The van der Waals surface area contributed by atoms with E-state index in [9.17, 15) is 19.5 Å². The molecule has 0 unspecified atom stereocenters. The van der Waals surface area contributed by atoms with Crippen LogP contribution in [0.5, 0.6) is 5.75 Å². The van der Waals surface area contributed by atoms with Crippen molar-refractivity contribution in [2.24, 2.45) is 5.92 Å². The predicted octanol–water partition coefficient (Wildman–Crippen LogP) is 0.360. The van der Waals surface area contributed by atoms with E-state index in [0.29, 0.717) is 18.0 Å². The maximum absolute atomic E-state index is 12.7. The van der Waals surface area contributed by atoms with E-state index >= 15 is 0 Å². The molecule has 25 heavy (non-hydrogen) atoms. The van der Waals surface area contributed by atoms with Gasteiger partial charge in [0.1, 0.15) is 5.75 Å². The predicted molar refractivity (Wildman–Crippen MR) is 87.4 cm³/mol. The van der Waals surface area contributed by atoms with Crippen LogP contribution in [0.25, 0.3) is 0 Å². The number of ether oxygens (including phenoxy) is 2. The molecule has 1 N–H and O–H groups in total.